The minimum absolute atomic E-state index is 0.105. The second-order valence-corrected chi connectivity index (χ2v) is 3.37. The lowest BCUT2D eigenvalue weighted by Gasteiger charge is -2.03. The van der Waals surface area contributed by atoms with Gasteiger partial charge in [-0.2, -0.15) is 0 Å². The van der Waals surface area contributed by atoms with Gasteiger partial charge in [0.25, 0.3) is 0 Å². The summed E-state index contributed by atoms with van der Waals surface area (Å²) in [6, 6.07) is 6.78. The summed E-state index contributed by atoms with van der Waals surface area (Å²) in [6.07, 6.45) is -0.105. The molecule has 74 valence electrons. The number of hydrogen-bond acceptors (Lipinski definition) is 2. The number of rotatable bonds is 3. The maximum Gasteiger partial charge on any atom is 0.231 e. The van der Waals surface area contributed by atoms with Gasteiger partial charge in [-0.3, -0.25) is 9.59 Å². The van der Waals surface area contributed by atoms with Gasteiger partial charge in [-0.1, -0.05) is 17.7 Å². The fourth-order valence-corrected chi connectivity index (χ4v) is 1.19. The summed E-state index contributed by atoms with van der Waals surface area (Å²) in [7, 11) is 0. The largest absolute Gasteiger partial charge is 0.326 e. The van der Waals surface area contributed by atoms with Crippen molar-refractivity contribution in [2.75, 3.05) is 5.32 Å². The minimum Gasteiger partial charge on any atom is -0.326 e. The van der Waals surface area contributed by atoms with E-state index in [2.05, 4.69) is 5.32 Å². The van der Waals surface area contributed by atoms with Crippen molar-refractivity contribution in [3.05, 3.63) is 29.3 Å². The highest BCUT2D eigenvalue weighted by Gasteiger charge is 2.04. The van der Waals surface area contributed by atoms with E-state index in [0.29, 0.717) is 10.7 Å². The summed E-state index contributed by atoms with van der Waals surface area (Å²) >= 11 is 5.72. The predicted molar refractivity (Wildman–Crippen MR) is 55.4 cm³/mol. The first kappa shape index (κ1) is 10.7. The van der Waals surface area contributed by atoms with Gasteiger partial charge < -0.3 is 5.32 Å². The number of anilines is 1. The second kappa shape index (κ2) is 4.77. The van der Waals surface area contributed by atoms with Crippen molar-refractivity contribution in [2.24, 2.45) is 0 Å². The molecule has 0 aliphatic carbocycles. The zero-order valence-corrected chi connectivity index (χ0v) is 8.47. The molecule has 1 N–H and O–H groups in total. The van der Waals surface area contributed by atoms with E-state index in [1.807, 2.05) is 0 Å². The van der Waals surface area contributed by atoms with E-state index < -0.39 is 0 Å². The number of halogens is 1. The molecule has 3 nitrogen and oxygen atoms in total. The molecule has 0 aromatic heterocycles. The van der Waals surface area contributed by atoms with Gasteiger partial charge in [-0.25, -0.2) is 0 Å². The fourth-order valence-electron chi connectivity index (χ4n) is 0.998. The number of nitrogens with one attached hydrogen (secondary N) is 1. The topological polar surface area (TPSA) is 46.2 Å². The molecule has 0 heterocycles. The second-order valence-electron chi connectivity index (χ2n) is 2.94. The fraction of sp³-hybridized carbons (Fsp3) is 0.200. The first-order chi connectivity index (χ1) is 6.58. The number of carbonyl (C=O) groups excluding carboxylic acids is 2. The van der Waals surface area contributed by atoms with Crippen LogP contribution in [0.1, 0.15) is 13.3 Å². The number of Topliss-reactive ketones (excluding diaryl/α,β-unsaturated/α-hetero) is 1. The maximum atomic E-state index is 11.2. The van der Waals surface area contributed by atoms with E-state index in [-0.39, 0.29) is 18.1 Å². The van der Waals surface area contributed by atoms with Crippen LogP contribution in [0.15, 0.2) is 24.3 Å². The van der Waals surface area contributed by atoms with Crippen LogP contribution in [0.5, 0.6) is 0 Å². The highest BCUT2D eigenvalue weighted by molar-refractivity contribution is 6.30. The third kappa shape index (κ3) is 3.58. The van der Waals surface area contributed by atoms with Crippen LogP contribution in [0, 0.1) is 0 Å². The summed E-state index contributed by atoms with van der Waals surface area (Å²) in [5.74, 6) is -0.482. The Morgan fingerprint density at radius 1 is 1.43 bits per heavy atom. The number of hydrogen-bond donors (Lipinski definition) is 1. The van der Waals surface area contributed by atoms with Crippen LogP contribution in [0.2, 0.25) is 5.02 Å². The van der Waals surface area contributed by atoms with Crippen LogP contribution < -0.4 is 5.32 Å². The molecule has 0 atom stereocenters. The van der Waals surface area contributed by atoms with Crippen LogP contribution >= 0.6 is 11.6 Å². The molecule has 14 heavy (non-hydrogen) atoms. The summed E-state index contributed by atoms with van der Waals surface area (Å²) in [5.41, 5.74) is 0.601. The quantitative estimate of drug-likeness (QED) is 0.780. The molecule has 1 amide bonds. The van der Waals surface area contributed by atoms with Gasteiger partial charge in [-0.05, 0) is 25.1 Å². The first-order valence-electron chi connectivity index (χ1n) is 4.13. The molecule has 0 aliphatic heterocycles. The average molecular weight is 212 g/mol. The Hall–Kier alpha value is -1.35. The zero-order valence-electron chi connectivity index (χ0n) is 7.71. The van der Waals surface area contributed by atoms with Gasteiger partial charge in [0.1, 0.15) is 5.78 Å². The molecule has 0 aliphatic rings. The monoisotopic (exact) mass is 211 g/mol. The van der Waals surface area contributed by atoms with Crippen molar-refractivity contribution in [1.29, 1.82) is 0 Å². The highest BCUT2D eigenvalue weighted by Crippen LogP contribution is 2.14. The van der Waals surface area contributed by atoms with Crippen molar-refractivity contribution in [2.45, 2.75) is 13.3 Å². The third-order valence-electron chi connectivity index (χ3n) is 1.52. The first-order valence-corrected chi connectivity index (χ1v) is 4.50. The van der Waals surface area contributed by atoms with Crippen molar-refractivity contribution in [3.8, 4) is 0 Å². The van der Waals surface area contributed by atoms with E-state index in [1.54, 1.807) is 24.3 Å². The number of benzene rings is 1. The van der Waals surface area contributed by atoms with Crippen molar-refractivity contribution in [1.82, 2.24) is 0 Å². The normalized spacial score (nSPS) is 9.57. The molecule has 0 saturated carbocycles. The lowest BCUT2D eigenvalue weighted by atomic mass is 10.2. The SMILES string of the molecule is CC(=O)CC(=O)Nc1cccc(Cl)c1. The van der Waals surface area contributed by atoms with Crippen LogP contribution in [0.4, 0.5) is 5.69 Å². The van der Waals surface area contributed by atoms with Crippen molar-refractivity contribution < 1.29 is 9.59 Å². The lowest BCUT2D eigenvalue weighted by molar-refractivity contribution is -0.124. The standard InChI is InChI=1S/C10H10ClNO2/c1-7(13)5-10(14)12-9-4-2-3-8(11)6-9/h2-4,6H,5H2,1H3,(H,12,14). The molecule has 0 spiro atoms. The Kier molecular flexibility index (Phi) is 3.65. The Bertz CT molecular complexity index is 363. The number of amides is 1. The molecule has 0 radical (unpaired) electrons. The van der Waals surface area contributed by atoms with Gasteiger partial charge in [0, 0.05) is 10.7 Å². The molecule has 0 fully saturated rings. The van der Waals surface area contributed by atoms with Crippen LogP contribution in [-0.4, -0.2) is 11.7 Å². The smallest absolute Gasteiger partial charge is 0.231 e. The molecule has 1 rings (SSSR count). The average Bonchev–Trinajstić information content (AvgIpc) is 2.01. The van der Waals surface area contributed by atoms with E-state index >= 15 is 0 Å². The van der Waals surface area contributed by atoms with Gasteiger partial charge in [0.2, 0.25) is 5.91 Å². The van der Waals surface area contributed by atoms with E-state index in [0.717, 1.165) is 0 Å². The minimum atomic E-state index is -0.320. The molecular weight excluding hydrogens is 202 g/mol. The van der Waals surface area contributed by atoms with E-state index in [4.69, 9.17) is 11.6 Å². The Morgan fingerprint density at radius 3 is 2.71 bits per heavy atom. The van der Waals surface area contributed by atoms with Gasteiger partial charge >= 0.3 is 0 Å². The summed E-state index contributed by atoms with van der Waals surface area (Å²) in [6.45, 7) is 1.37. The molecule has 1 aromatic carbocycles. The van der Waals surface area contributed by atoms with Gasteiger partial charge in [-0.15, -0.1) is 0 Å². The van der Waals surface area contributed by atoms with E-state index in [1.165, 1.54) is 6.92 Å². The van der Waals surface area contributed by atoms with Gasteiger partial charge in [0.15, 0.2) is 0 Å². The zero-order chi connectivity index (χ0) is 10.6. The summed E-state index contributed by atoms with van der Waals surface area (Å²) in [5, 5.41) is 3.12. The van der Waals surface area contributed by atoms with Crippen LogP contribution in [0.25, 0.3) is 0 Å². The molecule has 0 bridgehead atoms. The highest BCUT2D eigenvalue weighted by atomic mass is 35.5. The Labute approximate surface area is 87.1 Å². The Balaban J connectivity index is 2.60. The molecule has 4 heteroatoms. The van der Waals surface area contributed by atoms with Crippen molar-refractivity contribution >= 4 is 29.0 Å². The Morgan fingerprint density at radius 2 is 2.14 bits per heavy atom. The summed E-state index contributed by atoms with van der Waals surface area (Å²) in [4.78, 5) is 21.8. The number of carbonyl (C=O) groups is 2. The predicted octanol–water partition coefficient (Wildman–Crippen LogP) is 2.26. The maximum absolute atomic E-state index is 11.2. The van der Waals surface area contributed by atoms with Gasteiger partial charge in [0.05, 0.1) is 6.42 Å². The van der Waals surface area contributed by atoms with E-state index in [9.17, 15) is 9.59 Å². The van der Waals surface area contributed by atoms with Crippen molar-refractivity contribution in [3.63, 3.8) is 0 Å². The van der Waals surface area contributed by atoms with Crippen LogP contribution in [-0.2, 0) is 9.59 Å². The molecule has 0 unspecified atom stereocenters. The molecule has 1 aromatic rings. The van der Waals surface area contributed by atoms with Crippen LogP contribution in [0.3, 0.4) is 0 Å². The lowest BCUT2D eigenvalue weighted by Crippen LogP contribution is -2.14. The summed E-state index contributed by atoms with van der Waals surface area (Å²) < 4.78 is 0. The number of ketones is 1. The molecular formula is C10H10ClNO2. The molecule has 0 saturated heterocycles. The third-order valence-corrected chi connectivity index (χ3v) is 1.75.